The Kier molecular flexibility index (Phi) is 5.30. The summed E-state index contributed by atoms with van der Waals surface area (Å²) < 4.78 is 0. The van der Waals surface area contributed by atoms with Gasteiger partial charge >= 0.3 is 0 Å². The first-order valence-corrected chi connectivity index (χ1v) is 3.18. The molecule has 0 aromatic heterocycles. The van der Waals surface area contributed by atoms with E-state index in [4.69, 9.17) is 15.8 Å². The van der Waals surface area contributed by atoms with Crippen molar-refractivity contribution in [1.29, 1.82) is 15.8 Å². The molecule has 1 atom stereocenters. The highest BCUT2D eigenvalue weighted by molar-refractivity contribution is 5.09. The van der Waals surface area contributed by atoms with Gasteiger partial charge in [-0.05, 0) is 6.42 Å². The van der Waals surface area contributed by atoms with Crippen LogP contribution >= 0.6 is 0 Å². The molecule has 0 saturated heterocycles. The molecule has 0 amide bonds. The second-order valence-electron chi connectivity index (χ2n) is 1.92. The molecule has 0 spiro atoms. The molecule has 0 saturated carbocycles. The molecule has 3 nitrogen and oxygen atoms in total. The van der Waals surface area contributed by atoms with Crippen molar-refractivity contribution in [1.82, 2.24) is 0 Å². The third kappa shape index (κ3) is 4.70. The zero-order valence-corrected chi connectivity index (χ0v) is 5.99. The molecular weight excluding hydrogens is 138 g/mol. The maximum atomic E-state index is 8.46. The van der Waals surface area contributed by atoms with Crippen molar-refractivity contribution in [2.24, 2.45) is 5.92 Å². The van der Waals surface area contributed by atoms with Gasteiger partial charge in [0.1, 0.15) is 0 Å². The van der Waals surface area contributed by atoms with E-state index in [2.05, 4.69) is 0 Å². The van der Waals surface area contributed by atoms with Gasteiger partial charge in [0.2, 0.25) is 0 Å². The second-order valence-corrected chi connectivity index (χ2v) is 1.92. The number of hydrogen-bond acceptors (Lipinski definition) is 3. The van der Waals surface area contributed by atoms with Crippen LogP contribution in [0.5, 0.6) is 0 Å². The lowest BCUT2D eigenvalue weighted by atomic mass is 10.1. The summed E-state index contributed by atoms with van der Waals surface area (Å²) in [5, 5.41) is 24.8. The molecule has 0 aromatic carbocycles. The molecule has 0 fully saturated rings. The van der Waals surface area contributed by atoms with E-state index in [1.165, 1.54) is 12.2 Å². The van der Waals surface area contributed by atoms with E-state index in [-0.39, 0.29) is 5.92 Å². The van der Waals surface area contributed by atoms with Crippen LogP contribution < -0.4 is 0 Å². The van der Waals surface area contributed by atoms with Gasteiger partial charge in [-0.1, -0.05) is 6.08 Å². The minimum Gasteiger partial charge on any atom is -0.198 e. The van der Waals surface area contributed by atoms with Crippen molar-refractivity contribution < 1.29 is 0 Å². The molecule has 0 rings (SSSR count). The summed E-state index contributed by atoms with van der Waals surface area (Å²) in [6.45, 7) is 0. The monoisotopic (exact) mass is 145 g/mol. The van der Waals surface area contributed by atoms with E-state index in [1.807, 2.05) is 12.1 Å². The summed E-state index contributed by atoms with van der Waals surface area (Å²) in [6, 6.07) is 5.72. The molecule has 0 aliphatic rings. The maximum Gasteiger partial charge on any atom is 0.0909 e. The Morgan fingerprint density at radius 3 is 2.45 bits per heavy atom. The molecular formula is C8H7N3. The fourth-order valence-electron chi connectivity index (χ4n) is 0.583. The molecule has 0 radical (unpaired) electrons. The lowest BCUT2D eigenvalue weighted by molar-refractivity contribution is 0.740. The predicted molar refractivity (Wildman–Crippen MR) is 38.7 cm³/mol. The van der Waals surface area contributed by atoms with Crippen molar-refractivity contribution in [3.05, 3.63) is 12.2 Å². The fourth-order valence-corrected chi connectivity index (χ4v) is 0.583. The largest absolute Gasteiger partial charge is 0.198 e. The average molecular weight is 145 g/mol. The Morgan fingerprint density at radius 2 is 2.00 bits per heavy atom. The number of hydrogen-bond donors (Lipinski definition) is 0. The van der Waals surface area contributed by atoms with Crippen LogP contribution in [0, 0.1) is 39.9 Å². The highest BCUT2D eigenvalue weighted by Gasteiger charge is 2.00. The van der Waals surface area contributed by atoms with Crippen LogP contribution in [0.3, 0.4) is 0 Å². The Bertz CT molecular complexity index is 246. The predicted octanol–water partition coefficient (Wildman–Crippen LogP) is 1.51. The van der Waals surface area contributed by atoms with Gasteiger partial charge in [-0.25, -0.2) is 0 Å². The summed E-state index contributed by atoms with van der Waals surface area (Å²) in [5.74, 6) is -0.297. The highest BCUT2D eigenvalue weighted by atomic mass is 14.3. The summed E-state index contributed by atoms with van der Waals surface area (Å²) in [6.07, 6.45) is 3.64. The van der Waals surface area contributed by atoms with Gasteiger partial charge in [0.25, 0.3) is 0 Å². The summed E-state index contributed by atoms with van der Waals surface area (Å²) in [7, 11) is 0. The fraction of sp³-hybridized carbons (Fsp3) is 0.375. The number of rotatable bonds is 3. The number of nitriles is 3. The van der Waals surface area contributed by atoms with Crippen LogP contribution in [-0.4, -0.2) is 0 Å². The van der Waals surface area contributed by atoms with Crippen molar-refractivity contribution >= 4 is 0 Å². The van der Waals surface area contributed by atoms with Crippen molar-refractivity contribution in [2.45, 2.75) is 12.8 Å². The highest BCUT2D eigenvalue weighted by Crippen LogP contribution is 2.05. The normalized spacial score (nSPS) is 11.4. The van der Waals surface area contributed by atoms with Gasteiger partial charge in [0, 0.05) is 12.5 Å². The topological polar surface area (TPSA) is 71.4 Å². The van der Waals surface area contributed by atoms with Gasteiger partial charge in [0.05, 0.1) is 24.1 Å². The number of nitrogens with zero attached hydrogens (tertiary/aromatic N) is 3. The van der Waals surface area contributed by atoms with Gasteiger partial charge < -0.3 is 0 Å². The Balaban J connectivity index is 3.83. The standard InChI is InChI=1S/C8H7N3/c9-5-1-3-8(7-11)4-2-6-10/h1,3,8H,2,4H2. The van der Waals surface area contributed by atoms with Gasteiger partial charge in [-0.15, -0.1) is 0 Å². The first kappa shape index (κ1) is 9.21. The van der Waals surface area contributed by atoms with E-state index in [1.54, 1.807) is 6.07 Å². The van der Waals surface area contributed by atoms with E-state index in [9.17, 15) is 0 Å². The summed E-state index contributed by atoms with van der Waals surface area (Å²) in [5.41, 5.74) is 0. The SMILES string of the molecule is N#CC=CC(C#N)CCC#N. The van der Waals surface area contributed by atoms with Crippen LogP contribution in [0.15, 0.2) is 12.2 Å². The molecule has 0 heterocycles. The van der Waals surface area contributed by atoms with E-state index < -0.39 is 0 Å². The molecule has 11 heavy (non-hydrogen) atoms. The molecule has 0 N–H and O–H groups in total. The molecule has 3 heteroatoms. The summed E-state index contributed by atoms with van der Waals surface area (Å²) in [4.78, 5) is 0. The average Bonchev–Trinajstić information content (AvgIpc) is 2.05. The Labute approximate surface area is 65.8 Å². The molecule has 0 bridgehead atoms. The molecule has 0 aliphatic heterocycles. The molecule has 0 aliphatic carbocycles. The van der Waals surface area contributed by atoms with Crippen molar-refractivity contribution in [2.75, 3.05) is 0 Å². The molecule has 0 aromatic rings. The first-order chi connectivity index (χ1) is 5.35. The maximum absolute atomic E-state index is 8.46. The third-order valence-electron chi connectivity index (χ3n) is 1.14. The van der Waals surface area contributed by atoms with Gasteiger partial charge in [-0.2, -0.15) is 15.8 Å². The second kappa shape index (κ2) is 6.33. The smallest absolute Gasteiger partial charge is 0.0909 e. The minimum atomic E-state index is -0.297. The van der Waals surface area contributed by atoms with Crippen molar-refractivity contribution in [3.8, 4) is 18.2 Å². The molecule has 1 unspecified atom stereocenters. The molecule has 54 valence electrons. The lowest BCUT2D eigenvalue weighted by Gasteiger charge is -1.95. The first-order valence-electron chi connectivity index (χ1n) is 3.18. The van der Waals surface area contributed by atoms with Gasteiger partial charge in [-0.3, -0.25) is 0 Å². The van der Waals surface area contributed by atoms with Crippen LogP contribution in [0.2, 0.25) is 0 Å². The van der Waals surface area contributed by atoms with Gasteiger partial charge in [0.15, 0.2) is 0 Å². The third-order valence-corrected chi connectivity index (χ3v) is 1.14. The van der Waals surface area contributed by atoms with Crippen LogP contribution in [0.1, 0.15) is 12.8 Å². The summed E-state index contributed by atoms with van der Waals surface area (Å²) >= 11 is 0. The van der Waals surface area contributed by atoms with Crippen molar-refractivity contribution in [3.63, 3.8) is 0 Å². The quantitative estimate of drug-likeness (QED) is 0.565. The van der Waals surface area contributed by atoms with Crippen LogP contribution in [0.25, 0.3) is 0 Å². The Morgan fingerprint density at radius 1 is 1.27 bits per heavy atom. The lowest BCUT2D eigenvalue weighted by Crippen LogP contribution is -1.90. The Hall–Kier alpha value is -1.79. The van der Waals surface area contributed by atoms with E-state index >= 15 is 0 Å². The van der Waals surface area contributed by atoms with Crippen LogP contribution in [-0.2, 0) is 0 Å². The minimum absolute atomic E-state index is 0.297. The zero-order chi connectivity index (χ0) is 8.53. The number of allylic oxidation sites excluding steroid dienone is 2. The van der Waals surface area contributed by atoms with E-state index in [0.717, 1.165) is 0 Å². The zero-order valence-electron chi connectivity index (χ0n) is 5.99. The van der Waals surface area contributed by atoms with E-state index in [0.29, 0.717) is 12.8 Å². The van der Waals surface area contributed by atoms with Crippen LogP contribution in [0.4, 0.5) is 0 Å².